The number of nitrogens with one attached hydrogen (secondary N) is 1. The van der Waals surface area contributed by atoms with Gasteiger partial charge >= 0.3 is 0 Å². The summed E-state index contributed by atoms with van der Waals surface area (Å²) in [6.45, 7) is 0. The Morgan fingerprint density at radius 3 is 2.94 bits per heavy atom. The molecule has 0 aliphatic carbocycles. The topological polar surface area (TPSA) is 42.0 Å². The predicted molar refractivity (Wildman–Crippen MR) is 66.4 cm³/mol. The van der Waals surface area contributed by atoms with Gasteiger partial charge in [0.25, 0.3) is 0 Å². The molecule has 1 aromatic carbocycles. The maximum atomic E-state index is 11.3. The van der Waals surface area contributed by atoms with E-state index >= 15 is 0 Å². The van der Waals surface area contributed by atoms with Crippen molar-refractivity contribution >= 4 is 16.8 Å². The van der Waals surface area contributed by atoms with Crippen molar-refractivity contribution in [1.29, 1.82) is 0 Å². The number of pyridine rings is 1. The number of rotatable bonds is 1. The number of fused-ring (bicyclic) bond motifs is 1. The van der Waals surface area contributed by atoms with Crippen molar-refractivity contribution in [2.75, 3.05) is 0 Å². The summed E-state index contributed by atoms with van der Waals surface area (Å²) < 4.78 is 0. The summed E-state index contributed by atoms with van der Waals surface area (Å²) in [5.74, 6) is -0.0452. The SMILES string of the molecule is O=C1C=CC[C@@H](c2ccc3ccccc3n2)N1. The van der Waals surface area contributed by atoms with Crippen LogP contribution in [0.5, 0.6) is 0 Å². The zero-order chi connectivity index (χ0) is 11.7. The number of amides is 1. The molecule has 0 saturated heterocycles. The van der Waals surface area contributed by atoms with Crippen molar-refractivity contribution in [2.45, 2.75) is 12.5 Å². The molecular weight excluding hydrogens is 212 g/mol. The van der Waals surface area contributed by atoms with E-state index in [1.54, 1.807) is 6.08 Å². The molecule has 0 radical (unpaired) electrons. The minimum atomic E-state index is -0.0452. The molecule has 0 fully saturated rings. The molecule has 2 aromatic rings. The first kappa shape index (κ1) is 10.0. The van der Waals surface area contributed by atoms with Gasteiger partial charge in [0.2, 0.25) is 5.91 Å². The van der Waals surface area contributed by atoms with Crippen LogP contribution in [0.2, 0.25) is 0 Å². The summed E-state index contributed by atoms with van der Waals surface area (Å²) in [6.07, 6.45) is 4.26. The van der Waals surface area contributed by atoms with Crippen LogP contribution in [-0.4, -0.2) is 10.9 Å². The van der Waals surface area contributed by atoms with Crippen molar-refractivity contribution in [3.8, 4) is 0 Å². The number of para-hydroxylation sites is 1. The van der Waals surface area contributed by atoms with Crippen LogP contribution in [0, 0.1) is 0 Å². The van der Waals surface area contributed by atoms with Gasteiger partial charge in [-0.15, -0.1) is 0 Å². The van der Waals surface area contributed by atoms with E-state index in [4.69, 9.17) is 0 Å². The number of nitrogens with zero attached hydrogens (tertiary/aromatic N) is 1. The van der Waals surface area contributed by atoms with Crippen LogP contribution in [0.1, 0.15) is 18.2 Å². The summed E-state index contributed by atoms with van der Waals surface area (Å²) in [7, 11) is 0. The van der Waals surface area contributed by atoms with E-state index in [2.05, 4.69) is 10.3 Å². The highest BCUT2D eigenvalue weighted by atomic mass is 16.1. The average molecular weight is 224 g/mol. The molecule has 1 amide bonds. The quantitative estimate of drug-likeness (QED) is 0.807. The number of carbonyl (C=O) groups excluding carboxylic acids is 1. The van der Waals surface area contributed by atoms with Gasteiger partial charge in [0.15, 0.2) is 0 Å². The maximum absolute atomic E-state index is 11.3. The Labute approximate surface area is 99.2 Å². The van der Waals surface area contributed by atoms with E-state index in [9.17, 15) is 4.79 Å². The smallest absolute Gasteiger partial charge is 0.244 e. The van der Waals surface area contributed by atoms with Gasteiger partial charge < -0.3 is 5.32 Å². The molecule has 1 atom stereocenters. The van der Waals surface area contributed by atoms with Crippen LogP contribution in [0.15, 0.2) is 48.6 Å². The minimum Gasteiger partial charge on any atom is -0.344 e. The third-order valence-electron chi connectivity index (χ3n) is 2.93. The second-order valence-electron chi connectivity index (χ2n) is 4.13. The minimum absolute atomic E-state index is 0.00268. The first-order valence-corrected chi connectivity index (χ1v) is 5.66. The fourth-order valence-corrected chi connectivity index (χ4v) is 2.06. The molecular formula is C14H12N2O. The zero-order valence-corrected chi connectivity index (χ0v) is 9.26. The summed E-state index contributed by atoms with van der Waals surface area (Å²) in [5, 5.41) is 4.03. The maximum Gasteiger partial charge on any atom is 0.244 e. The Balaban J connectivity index is 2.00. The first-order chi connectivity index (χ1) is 8.33. The number of hydrogen-bond acceptors (Lipinski definition) is 2. The molecule has 3 rings (SSSR count). The molecule has 1 aliphatic heterocycles. The van der Waals surface area contributed by atoms with Crippen molar-refractivity contribution in [2.24, 2.45) is 0 Å². The van der Waals surface area contributed by atoms with Crippen LogP contribution in [-0.2, 0) is 4.79 Å². The number of benzene rings is 1. The van der Waals surface area contributed by atoms with Crippen LogP contribution in [0.25, 0.3) is 10.9 Å². The molecule has 0 bridgehead atoms. The molecule has 17 heavy (non-hydrogen) atoms. The highest BCUT2D eigenvalue weighted by molar-refractivity contribution is 5.88. The van der Waals surface area contributed by atoms with E-state index < -0.39 is 0 Å². The summed E-state index contributed by atoms with van der Waals surface area (Å²) in [5.41, 5.74) is 1.88. The third-order valence-corrected chi connectivity index (χ3v) is 2.93. The molecule has 84 valence electrons. The average Bonchev–Trinajstić information content (AvgIpc) is 2.38. The highest BCUT2D eigenvalue weighted by Crippen LogP contribution is 2.21. The second-order valence-corrected chi connectivity index (χ2v) is 4.13. The van der Waals surface area contributed by atoms with Gasteiger partial charge in [-0.05, 0) is 24.6 Å². The Kier molecular flexibility index (Phi) is 2.37. The third kappa shape index (κ3) is 1.91. The van der Waals surface area contributed by atoms with Crippen LogP contribution >= 0.6 is 0 Å². The summed E-state index contributed by atoms with van der Waals surface area (Å²) >= 11 is 0. The Bertz CT molecular complexity index is 604. The molecule has 0 unspecified atom stereocenters. The first-order valence-electron chi connectivity index (χ1n) is 5.66. The van der Waals surface area contributed by atoms with Crippen molar-refractivity contribution < 1.29 is 4.79 Å². The van der Waals surface area contributed by atoms with E-state index in [0.29, 0.717) is 0 Å². The van der Waals surface area contributed by atoms with Gasteiger partial charge in [-0.25, -0.2) is 0 Å². The summed E-state index contributed by atoms with van der Waals surface area (Å²) in [6, 6.07) is 12.0. The fraction of sp³-hybridized carbons (Fsp3) is 0.143. The van der Waals surface area contributed by atoms with E-state index in [-0.39, 0.29) is 11.9 Å². The molecule has 1 aliphatic rings. The molecule has 0 saturated carbocycles. The Morgan fingerprint density at radius 1 is 1.18 bits per heavy atom. The zero-order valence-electron chi connectivity index (χ0n) is 9.26. The Hall–Kier alpha value is -2.16. The van der Waals surface area contributed by atoms with Crippen molar-refractivity contribution in [3.05, 3.63) is 54.2 Å². The van der Waals surface area contributed by atoms with Gasteiger partial charge in [-0.3, -0.25) is 9.78 Å². The van der Waals surface area contributed by atoms with E-state index in [1.165, 1.54) is 0 Å². The lowest BCUT2D eigenvalue weighted by Gasteiger charge is -2.19. The highest BCUT2D eigenvalue weighted by Gasteiger charge is 2.16. The van der Waals surface area contributed by atoms with Crippen LogP contribution in [0.3, 0.4) is 0 Å². The predicted octanol–water partition coefficient (Wildman–Crippen LogP) is 2.35. The normalized spacial score (nSPS) is 19.3. The van der Waals surface area contributed by atoms with Crippen LogP contribution in [0.4, 0.5) is 0 Å². The van der Waals surface area contributed by atoms with Gasteiger partial charge in [-0.2, -0.15) is 0 Å². The van der Waals surface area contributed by atoms with Crippen LogP contribution < -0.4 is 5.32 Å². The number of hydrogen-bond donors (Lipinski definition) is 1. The second kappa shape index (κ2) is 4.01. The molecule has 1 aromatic heterocycles. The van der Waals surface area contributed by atoms with Crippen molar-refractivity contribution in [3.63, 3.8) is 0 Å². The molecule has 3 heteroatoms. The summed E-state index contributed by atoms with van der Waals surface area (Å²) in [4.78, 5) is 15.9. The van der Waals surface area contributed by atoms with E-state index in [0.717, 1.165) is 23.0 Å². The van der Waals surface area contributed by atoms with Gasteiger partial charge in [-0.1, -0.05) is 30.3 Å². The fourth-order valence-electron chi connectivity index (χ4n) is 2.06. The largest absolute Gasteiger partial charge is 0.344 e. The lowest BCUT2D eigenvalue weighted by molar-refractivity contribution is -0.117. The van der Waals surface area contributed by atoms with E-state index in [1.807, 2.05) is 42.5 Å². The standard InChI is InChI=1S/C14H12N2O/c17-14-7-3-6-12(16-14)13-9-8-10-4-1-2-5-11(10)15-13/h1-5,7-9,12H,6H2,(H,16,17)/t12-/m0/s1. The monoisotopic (exact) mass is 224 g/mol. The van der Waals surface area contributed by atoms with Gasteiger partial charge in [0, 0.05) is 5.39 Å². The van der Waals surface area contributed by atoms with Gasteiger partial charge in [0.05, 0.1) is 17.3 Å². The lowest BCUT2D eigenvalue weighted by Crippen LogP contribution is -2.29. The van der Waals surface area contributed by atoms with Gasteiger partial charge in [0.1, 0.15) is 0 Å². The molecule has 2 heterocycles. The van der Waals surface area contributed by atoms with Crippen molar-refractivity contribution in [1.82, 2.24) is 10.3 Å². The number of aromatic nitrogens is 1. The molecule has 0 spiro atoms. The Morgan fingerprint density at radius 2 is 2.06 bits per heavy atom. The number of carbonyl (C=O) groups is 1. The molecule has 1 N–H and O–H groups in total. The molecule has 3 nitrogen and oxygen atoms in total. The lowest BCUT2D eigenvalue weighted by atomic mass is 10.1.